The van der Waals surface area contributed by atoms with Crippen molar-refractivity contribution in [1.82, 2.24) is 4.90 Å². The smallest absolute Gasteiger partial charge is 0.303 e. The highest BCUT2D eigenvalue weighted by Crippen LogP contribution is 2.49. The molecule has 2 aliphatic rings. The molecule has 4 nitrogen and oxygen atoms in total. The summed E-state index contributed by atoms with van der Waals surface area (Å²) in [5.41, 5.74) is 1.35. The Morgan fingerprint density at radius 3 is 2.74 bits per heavy atom. The molecule has 4 heteroatoms. The topological polar surface area (TPSA) is 57.6 Å². The number of carboxylic acids is 1. The van der Waals surface area contributed by atoms with E-state index in [1.54, 1.807) is 0 Å². The number of hydrogen-bond donors (Lipinski definition) is 1. The first-order valence-corrected chi connectivity index (χ1v) is 8.68. The Morgan fingerprint density at radius 1 is 1.22 bits per heavy atom. The summed E-state index contributed by atoms with van der Waals surface area (Å²) in [4.78, 5) is 25.2. The number of carbonyl (C=O) groups excluding carboxylic acids is 1. The number of nitrogens with zero attached hydrogens (tertiary/aromatic N) is 1. The van der Waals surface area contributed by atoms with Gasteiger partial charge < -0.3 is 10.0 Å². The molecule has 1 amide bonds. The number of carboxylic acid groups (broad SMARTS) is 1. The molecule has 1 saturated carbocycles. The van der Waals surface area contributed by atoms with Crippen molar-refractivity contribution in [2.24, 2.45) is 11.8 Å². The van der Waals surface area contributed by atoms with Crippen LogP contribution in [0.3, 0.4) is 0 Å². The van der Waals surface area contributed by atoms with E-state index in [4.69, 9.17) is 5.11 Å². The van der Waals surface area contributed by atoms with Crippen LogP contribution in [0.25, 0.3) is 0 Å². The van der Waals surface area contributed by atoms with Crippen molar-refractivity contribution in [3.8, 4) is 0 Å². The van der Waals surface area contributed by atoms with Crippen molar-refractivity contribution in [2.75, 3.05) is 13.1 Å². The summed E-state index contributed by atoms with van der Waals surface area (Å²) in [6.07, 6.45) is 4.72. The van der Waals surface area contributed by atoms with Crippen molar-refractivity contribution in [3.05, 3.63) is 35.9 Å². The molecule has 1 saturated heterocycles. The third kappa shape index (κ3) is 4.34. The van der Waals surface area contributed by atoms with E-state index in [2.05, 4.69) is 24.3 Å². The van der Waals surface area contributed by atoms with Crippen molar-refractivity contribution in [2.45, 2.75) is 44.4 Å². The molecule has 1 N–H and O–H groups in total. The lowest BCUT2D eigenvalue weighted by atomic mass is 9.93. The average molecular weight is 315 g/mol. The van der Waals surface area contributed by atoms with Crippen LogP contribution in [0.2, 0.25) is 0 Å². The van der Waals surface area contributed by atoms with Crippen molar-refractivity contribution < 1.29 is 14.7 Å². The van der Waals surface area contributed by atoms with E-state index in [1.807, 2.05) is 11.0 Å². The highest BCUT2D eigenvalue weighted by atomic mass is 16.4. The average Bonchev–Trinajstić information content (AvgIpc) is 3.33. The van der Waals surface area contributed by atoms with Gasteiger partial charge in [-0.05, 0) is 49.0 Å². The number of piperidine rings is 1. The molecule has 2 fully saturated rings. The molecular formula is C19H25NO3. The van der Waals surface area contributed by atoms with Crippen LogP contribution in [0, 0.1) is 11.8 Å². The monoisotopic (exact) mass is 315 g/mol. The Labute approximate surface area is 137 Å². The van der Waals surface area contributed by atoms with Crippen LogP contribution in [0.15, 0.2) is 30.3 Å². The Kier molecular flexibility index (Phi) is 4.99. The molecule has 1 aliphatic heterocycles. The number of aliphatic carboxylic acids is 1. The van der Waals surface area contributed by atoms with Gasteiger partial charge in [0.05, 0.1) is 0 Å². The molecule has 1 aliphatic carbocycles. The predicted octanol–water partition coefficient (Wildman–Crippen LogP) is 3.28. The Morgan fingerprint density at radius 2 is 2.00 bits per heavy atom. The van der Waals surface area contributed by atoms with E-state index in [9.17, 15) is 9.59 Å². The van der Waals surface area contributed by atoms with Crippen LogP contribution in [-0.2, 0) is 9.59 Å². The highest BCUT2D eigenvalue weighted by molar-refractivity contribution is 5.77. The van der Waals surface area contributed by atoms with Gasteiger partial charge in [0.2, 0.25) is 5.91 Å². The SMILES string of the molecule is O=C(O)CCC1CCCN(C(=O)C[C@@H]2C[C@H]2c2ccccc2)C1. The number of hydrogen-bond acceptors (Lipinski definition) is 2. The molecule has 124 valence electrons. The lowest BCUT2D eigenvalue weighted by molar-refractivity contribution is -0.137. The molecule has 1 heterocycles. The summed E-state index contributed by atoms with van der Waals surface area (Å²) in [6, 6.07) is 10.4. The number of carbonyl (C=O) groups is 2. The van der Waals surface area contributed by atoms with Gasteiger partial charge in [-0.25, -0.2) is 0 Å². The molecule has 3 rings (SSSR count). The summed E-state index contributed by atoms with van der Waals surface area (Å²) >= 11 is 0. The number of amides is 1. The van der Waals surface area contributed by atoms with Crippen molar-refractivity contribution in [3.63, 3.8) is 0 Å². The fourth-order valence-corrected chi connectivity index (χ4v) is 3.79. The third-order valence-corrected chi connectivity index (χ3v) is 5.23. The molecule has 0 radical (unpaired) electrons. The van der Waals surface area contributed by atoms with Crippen molar-refractivity contribution in [1.29, 1.82) is 0 Å². The molecule has 3 atom stereocenters. The fourth-order valence-electron chi connectivity index (χ4n) is 3.79. The second-order valence-electron chi connectivity index (χ2n) is 7.00. The van der Waals surface area contributed by atoms with E-state index in [0.29, 0.717) is 30.6 Å². The van der Waals surface area contributed by atoms with Gasteiger partial charge >= 0.3 is 5.97 Å². The van der Waals surface area contributed by atoms with Gasteiger partial charge in [-0.15, -0.1) is 0 Å². The molecular weight excluding hydrogens is 290 g/mol. The minimum absolute atomic E-state index is 0.214. The van der Waals surface area contributed by atoms with E-state index in [-0.39, 0.29) is 12.3 Å². The molecule has 0 aromatic heterocycles. The summed E-state index contributed by atoms with van der Waals surface area (Å²) < 4.78 is 0. The zero-order valence-corrected chi connectivity index (χ0v) is 13.5. The van der Waals surface area contributed by atoms with Gasteiger partial charge in [-0.3, -0.25) is 9.59 Å². The lowest BCUT2D eigenvalue weighted by Crippen LogP contribution is -2.40. The van der Waals surface area contributed by atoms with Gasteiger partial charge in [0, 0.05) is 25.9 Å². The number of likely N-dealkylation sites (tertiary alicyclic amines) is 1. The van der Waals surface area contributed by atoms with Crippen LogP contribution in [0.4, 0.5) is 0 Å². The zero-order valence-electron chi connectivity index (χ0n) is 13.5. The van der Waals surface area contributed by atoms with Gasteiger partial charge in [-0.2, -0.15) is 0 Å². The largest absolute Gasteiger partial charge is 0.481 e. The van der Waals surface area contributed by atoms with Crippen LogP contribution in [-0.4, -0.2) is 35.0 Å². The molecule has 1 aromatic rings. The van der Waals surface area contributed by atoms with E-state index in [0.717, 1.165) is 32.4 Å². The molecule has 0 bridgehead atoms. The van der Waals surface area contributed by atoms with Gasteiger partial charge in [0.15, 0.2) is 0 Å². The molecule has 0 spiro atoms. The summed E-state index contributed by atoms with van der Waals surface area (Å²) in [5, 5.41) is 8.80. The van der Waals surface area contributed by atoms with E-state index in [1.165, 1.54) is 5.56 Å². The normalized spacial score (nSPS) is 26.8. The molecule has 23 heavy (non-hydrogen) atoms. The predicted molar refractivity (Wildman–Crippen MR) is 88.1 cm³/mol. The maximum absolute atomic E-state index is 12.5. The summed E-state index contributed by atoms with van der Waals surface area (Å²) in [6.45, 7) is 1.58. The first kappa shape index (κ1) is 16.0. The minimum atomic E-state index is -0.739. The second kappa shape index (κ2) is 7.16. The van der Waals surface area contributed by atoms with Crippen LogP contribution < -0.4 is 0 Å². The van der Waals surface area contributed by atoms with Gasteiger partial charge in [0.1, 0.15) is 0 Å². The maximum Gasteiger partial charge on any atom is 0.303 e. The van der Waals surface area contributed by atoms with Gasteiger partial charge in [-0.1, -0.05) is 30.3 Å². The lowest BCUT2D eigenvalue weighted by Gasteiger charge is -2.32. The standard InChI is InChI=1S/C19H25NO3/c21-18(12-16-11-17(16)15-6-2-1-3-7-15)20-10-4-5-14(13-20)8-9-19(22)23/h1-3,6-7,14,16-17H,4-5,8-13H2,(H,22,23)/t14?,16-,17-/m0/s1. The van der Waals surface area contributed by atoms with Gasteiger partial charge in [0.25, 0.3) is 0 Å². The number of benzene rings is 1. The minimum Gasteiger partial charge on any atom is -0.481 e. The zero-order chi connectivity index (χ0) is 16.2. The van der Waals surface area contributed by atoms with E-state index < -0.39 is 5.97 Å². The Balaban J connectivity index is 1.46. The van der Waals surface area contributed by atoms with Crippen LogP contribution in [0.1, 0.15) is 50.0 Å². The first-order chi connectivity index (χ1) is 11.1. The van der Waals surface area contributed by atoms with Crippen LogP contribution in [0.5, 0.6) is 0 Å². The fraction of sp³-hybridized carbons (Fsp3) is 0.579. The Hall–Kier alpha value is -1.84. The number of rotatable bonds is 6. The Bertz CT molecular complexity index is 557. The van der Waals surface area contributed by atoms with Crippen molar-refractivity contribution >= 4 is 11.9 Å². The summed E-state index contributed by atoms with van der Waals surface area (Å²) in [7, 11) is 0. The molecule has 1 aromatic carbocycles. The van der Waals surface area contributed by atoms with Crippen LogP contribution >= 0.6 is 0 Å². The highest BCUT2D eigenvalue weighted by Gasteiger charge is 2.40. The second-order valence-corrected chi connectivity index (χ2v) is 7.00. The molecule has 1 unspecified atom stereocenters. The quantitative estimate of drug-likeness (QED) is 0.876. The first-order valence-electron chi connectivity index (χ1n) is 8.68. The summed E-state index contributed by atoms with van der Waals surface area (Å²) in [5.74, 6) is 0.913. The van der Waals surface area contributed by atoms with E-state index >= 15 is 0 Å². The third-order valence-electron chi connectivity index (χ3n) is 5.23. The maximum atomic E-state index is 12.5.